The normalized spacial score (nSPS) is 35.2. The molecule has 3 aliphatic rings. The molecule has 0 radical (unpaired) electrons. The van der Waals surface area contributed by atoms with Gasteiger partial charge >= 0.3 is 0 Å². The summed E-state index contributed by atoms with van der Waals surface area (Å²) < 4.78 is 25.0. The highest BCUT2D eigenvalue weighted by Crippen LogP contribution is 2.34. The standard InChI is InChI=1S/C9H14F2N2O/c1-9(10,11)3-7(14)13-8-5-2-6(8)12-4-5/h5-6,8,12H,2-4H2,1H3,(H,13,14). The highest BCUT2D eigenvalue weighted by atomic mass is 19.3. The Labute approximate surface area is 81.2 Å². The van der Waals surface area contributed by atoms with Gasteiger partial charge in [-0.2, -0.15) is 0 Å². The second kappa shape index (κ2) is 3.15. The topological polar surface area (TPSA) is 41.1 Å². The summed E-state index contributed by atoms with van der Waals surface area (Å²) in [5.41, 5.74) is 0. The first kappa shape index (κ1) is 9.83. The van der Waals surface area contributed by atoms with Crippen molar-refractivity contribution < 1.29 is 13.6 Å². The number of nitrogens with one attached hydrogen (secondary N) is 2. The SMILES string of the molecule is CC(F)(F)CC(=O)NC1C2CNC1C2. The zero-order valence-corrected chi connectivity index (χ0v) is 8.02. The summed E-state index contributed by atoms with van der Waals surface area (Å²) in [5, 5.41) is 5.86. The molecule has 2 aliphatic heterocycles. The molecule has 2 heterocycles. The van der Waals surface area contributed by atoms with E-state index in [1.165, 1.54) is 0 Å². The van der Waals surface area contributed by atoms with E-state index in [2.05, 4.69) is 10.6 Å². The maximum Gasteiger partial charge on any atom is 0.254 e. The molecule has 1 saturated carbocycles. The van der Waals surface area contributed by atoms with Crippen LogP contribution in [0.15, 0.2) is 0 Å². The van der Waals surface area contributed by atoms with Crippen molar-refractivity contribution in [3.63, 3.8) is 0 Å². The van der Waals surface area contributed by atoms with Crippen LogP contribution in [-0.4, -0.2) is 30.5 Å². The van der Waals surface area contributed by atoms with Gasteiger partial charge in [0.1, 0.15) is 0 Å². The Balaban J connectivity index is 1.78. The van der Waals surface area contributed by atoms with Crippen molar-refractivity contribution in [2.75, 3.05) is 6.54 Å². The lowest BCUT2D eigenvalue weighted by molar-refractivity contribution is -0.129. The summed E-state index contributed by atoms with van der Waals surface area (Å²) in [7, 11) is 0. The van der Waals surface area contributed by atoms with Gasteiger partial charge in [0.25, 0.3) is 5.92 Å². The number of carbonyl (C=O) groups excluding carboxylic acids is 1. The molecule has 2 N–H and O–H groups in total. The Hall–Kier alpha value is -0.710. The molecule has 1 amide bonds. The molecule has 0 aromatic rings. The Bertz CT molecular complexity index is 238. The van der Waals surface area contributed by atoms with E-state index in [0.29, 0.717) is 12.0 Å². The van der Waals surface area contributed by atoms with Crippen molar-refractivity contribution >= 4 is 5.91 Å². The number of halogens is 2. The van der Waals surface area contributed by atoms with E-state index in [4.69, 9.17) is 0 Å². The van der Waals surface area contributed by atoms with Gasteiger partial charge in [0.15, 0.2) is 0 Å². The summed E-state index contributed by atoms with van der Waals surface area (Å²) in [5.74, 6) is -2.99. The number of hydrogen-bond donors (Lipinski definition) is 2. The molecule has 0 aromatic heterocycles. The van der Waals surface area contributed by atoms with Crippen LogP contribution in [-0.2, 0) is 4.79 Å². The minimum absolute atomic E-state index is 0.0878. The average molecular weight is 204 g/mol. The van der Waals surface area contributed by atoms with Gasteiger partial charge in [-0.15, -0.1) is 0 Å². The van der Waals surface area contributed by atoms with Gasteiger partial charge in [-0.25, -0.2) is 8.78 Å². The predicted octanol–water partition coefficient (Wildman–Crippen LogP) is 0.508. The number of hydrogen-bond acceptors (Lipinski definition) is 2. The molecule has 0 aromatic carbocycles. The molecule has 3 atom stereocenters. The van der Waals surface area contributed by atoms with E-state index in [-0.39, 0.29) is 6.04 Å². The van der Waals surface area contributed by atoms with Crippen LogP contribution in [0.3, 0.4) is 0 Å². The summed E-state index contributed by atoms with van der Waals surface area (Å²) in [6.45, 7) is 1.67. The van der Waals surface area contributed by atoms with Crippen molar-refractivity contribution in [1.29, 1.82) is 0 Å². The van der Waals surface area contributed by atoms with Crippen LogP contribution in [0.5, 0.6) is 0 Å². The lowest BCUT2D eigenvalue weighted by atomic mass is 9.80. The Morgan fingerprint density at radius 3 is 2.79 bits per heavy atom. The maximum atomic E-state index is 12.5. The molecule has 3 rings (SSSR count). The van der Waals surface area contributed by atoms with Crippen LogP contribution in [0.25, 0.3) is 0 Å². The highest BCUT2D eigenvalue weighted by Gasteiger charge is 2.47. The van der Waals surface area contributed by atoms with E-state index in [1.54, 1.807) is 0 Å². The second-order valence-electron chi connectivity index (χ2n) is 4.35. The number of rotatable bonds is 3. The van der Waals surface area contributed by atoms with Gasteiger partial charge in [0.2, 0.25) is 5.91 Å². The quantitative estimate of drug-likeness (QED) is 0.703. The monoisotopic (exact) mass is 204 g/mol. The van der Waals surface area contributed by atoms with Gasteiger partial charge < -0.3 is 10.6 Å². The molecule has 1 aliphatic carbocycles. The highest BCUT2D eigenvalue weighted by molar-refractivity contribution is 5.77. The fraction of sp³-hybridized carbons (Fsp3) is 0.889. The van der Waals surface area contributed by atoms with Crippen LogP contribution < -0.4 is 10.6 Å². The van der Waals surface area contributed by atoms with Crippen molar-refractivity contribution in [1.82, 2.24) is 10.6 Å². The van der Waals surface area contributed by atoms with Gasteiger partial charge in [-0.05, 0) is 19.3 Å². The maximum absolute atomic E-state index is 12.5. The molecule has 5 heteroatoms. The average Bonchev–Trinajstić information content (AvgIpc) is 2.55. The van der Waals surface area contributed by atoms with E-state index in [9.17, 15) is 13.6 Å². The Morgan fingerprint density at radius 2 is 2.36 bits per heavy atom. The van der Waals surface area contributed by atoms with Crippen molar-refractivity contribution in [3.05, 3.63) is 0 Å². The van der Waals surface area contributed by atoms with Gasteiger partial charge in [-0.1, -0.05) is 0 Å². The summed E-state index contributed by atoms with van der Waals surface area (Å²) in [6.07, 6.45) is 0.358. The number of alkyl halides is 2. The molecule has 2 saturated heterocycles. The fourth-order valence-corrected chi connectivity index (χ4v) is 2.21. The van der Waals surface area contributed by atoms with Gasteiger partial charge in [-0.3, -0.25) is 4.79 Å². The molecule has 3 unspecified atom stereocenters. The number of amides is 1. The minimum atomic E-state index is -2.90. The Morgan fingerprint density at radius 1 is 1.64 bits per heavy atom. The Kier molecular flexibility index (Phi) is 2.21. The summed E-state index contributed by atoms with van der Waals surface area (Å²) in [6, 6.07) is 0.402. The van der Waals surface area contributed by atoms with E-state index >= 15 is 0 Å². The van der Waals surface area contributed by atoms with Gasteiger partial charge in [0.05, 0.1) is 6.42 Å². The number of carbonyl (C=O) groups is 1. The van der Waals surface area contributed by atoms with Crippen LogP contribution >= 0.6 is 0 Å². The van der Waals surface area contributed by atoms with Crippen LogP contribution in [0.4, 0.5) is 8.78 Å². The summed E-state index contributed by atoms with van der Waals surface area (Å²) >= 11 is 0. The molecule has 3 nitrogen and oxygen atoms in total. The van der Waals surface area contributed by atoms with Crippen LogP contribution in [0, 0.1) is 5.92 Å². The predicted molar refractivity (Wildman–Crippen MR) is 47.1 cm³/mol. The molecular formula is C9H14F2N2O. The third kappa shape index (κ3) is 1.87. The van der Waals surface area contributed by atoms with E-state index in [1.807, 2.05) is 0 Å². The molecular weight excluding hydrogens is 190 g/mol. The fourth-order valence-electron chi connectivity index (χ4n) is 2.21. The number of fused-ring (bicyclic) bond motifs is 1. The zero-order chi connectivity index (χ0) is 10.3. The van der Waals surface area contributed by atoms with E-state index < -0.39 is 18.3 Å². The lowest BCUT2D eigenvalue weighted by Crippen LogP contribution is -2.54. The first-order valence-electron chi connectivity index (χ1n) is 4.86. The molecule has 3 fully saturated rings. The van der Waals surface area contributed by atoms with Gasteiger partial charge in [0, 0.05) is 18.6 Å². The van der Waals surface area contributed by atoms with E-state index in [0.717, 1.165) is 19.9 Å². The minimum Gasteiger partial charge on any atom is -0.351 e. The molecule has 14 heavy (non-hydrogen) atoms. The smallest absolute Gasteiger partial charge is 0.254 e. The first-order valence-corrected chi connectivity index (χ1v) is 4.86. The van der Waals surface area contributed by atoms with Crippen molar-refractivity contribution in [2.24, 2.45) is 5.92 Å². The lowest BCUT2D eigenvalue weighted by Gasteiger charge is -2.35. The third-order valence-electron chi connectivity index (χ3n) is 2.94. The third-order valence-corrected chi connectivity index (χ3v) is 2.94. The van der Waals surface area contributed by atoms with Crippen molar-refractivity contribution in [3.8, 4) is 0 Å². The zero-order valence-electron chi connectivity index (χ0n) is 8.02. The summed E-state index contributed by atoms with van der Waals surface area (Å²) in [4.78, 5) is 11.2. The van der Waals surface area contributed by atoms with Crippen LogP contribution in [0.2, 0.25) is 0 Å². The second-order valence-corrected chi connectivity index (χ2v) is 4.35. The molecule has 2 bridgehead atoms. The largest absolute Gasteiger partial charge is 0.351 e. The van der Waals surface area contributed by atoms with Crippen molar-refractivity contribution in [2.45, 2.75) is 37.8 Å². The molecule has 0 spiro atoms. The molecule has 80 valence electrons. The first-order chi connectivity index (χ1) is 6.46. The van der Waals surface area contributed by atoms with Crippen LogP contribution in [0.1, 0.15) is 19.8 Å².